The minimum Gasteiger partial charge on any atom is -0.475 e. The molecule has 0 aromatic heterocycles. The lowest BCUT2D eigenvalue weighted by molar-refractivity contribution is -0.233. The summed E-state index contributed by atoms with van der Waals surface area (Å²) in [5.41, 5.74) is -6.88. The van der Waals surface area contributed by atoms with E-state index in [1.165, 1.54) is 6.92 Å². The first-order valence-electron chi connectivity index (χ1n) is 12.0. The van der Waals surface area contributed by atoms with Crippen LogP contribution in [0.2, 0.25) is 0 Å². The summed E-state index contributed by atoms with van der Waals surface area (Å²) in [6.45, 7) is 5.04. The molecule has 0 amide bonds. The molecule has 34 heavy (non-hydrogen) atoms. The molecule has 0 radical (unpaired) electrons. The second kappa shape index (κ2) is 7.12. The van der Waals surface area contributed by atoms with Crippen molar-refractivity contribution in [2.75, 3.05) is 0 Å². The highest BCUT2D eigenvalue weighted by atomic mass is 19.1. The Balaban J connectivity index is 1.61. The van der Waals surface area contributed by atoms with Crippen molar-refractivity contribution in [1.82, 2.24) is 0 Å². The number of allylic oxidation sites excluding steroid dienone is 2. The van der Waals surface area contributed by atoms with Crippen molar-refractivity contribution in [2.24, 2.45) is 22.7 Å². The van der Waals surface area contributed by atoms with E-state index in [0.29, 0.717) is 12.8 Å². The van der Waals surface area contributed by atoms with Crippen molar-refractivity contribution in [3.63, 3.8) is 0 Å². The van der Waals surface area contributed by atoms with Gasteiger partial charge in [0.15, 0.2) is 5.76 Å². The Kier molecular flexibility index (Phi) is 4.91. The normalized spacial score (nSPS) is 47.0. The Morgan fingerprint density at radius 1 is 1.21 bits per heavy atom. The quantitative estimate of drug-likeness (QED) is 0.592. The molecule has 0 saturated heterocycles. The number of Topliss-reactive ketones (excluding diaryl/α,β-unsaturated/α-hetero) is 1. The summed E-state index contributed by atoms with van der Waals surface area (Å²) in [6, 6.07) is 0. The minimum absolute atomic E-state index is 0.00791. The molecule has 7 nitrogen and oxygen atoms in total. The molecule has 2 unspecified atom stereocenters. The largest absolute Gasteiger partial charge is 0.475 e. The topological polar surface area (TPSA) is 110 Å². The van der Waals surface area contributed by atoms with Gasteiger partial charge in [-0.05, 0) is 57.1 Å². The van der Waals surface area contributed by atoms with Crippen LogP contribution in [0.4, 0.5) is 8.78 Å². The number of rotatable bonds is 4. The van der Waals surface area contributed by atoms with Crippen LogP contribution in [0.3, 0.4) is 0 Å². The minimum atomic E-state index is -2.19. The van der Waals surface area contributed by atoms with Gasteiger partial charge in [0.1, 0.15) is 11.8 Å². The summed E-state index contributed by atoms with van der Waals surface area (Å²) in [5, 5.41) is 21.3. The number of aliphatic carboxylic acids is 1. The molecule has 0 spiro atoms. The molecule has 2 N–H and O–H groups in total. The zero-order valence-corrected chi connectivity index (χ0v) is 19.5. The molecule has 0 aromatic carbocycles. The fraction of sp³-hybridized carbons (Fsp3) is 0.720. The van der Waals surface area contributed by atoms with Crippen LogP contribution in [0, 0.1) is 22.7 Å². The summed E-state index contributed by atoms with van der Waals surface area (Å²) in [4.78, 5) is 36.6. The lowest BCUT2D eigenvalue weighted by Gasteiger charge is -2.63. The monoisotopic (exact) mass is 480 g/mol. The lowest BCUT2D eigenvalue weighted by Crippen LogP contribution is -2.70. The predicted octanol–water partition coefficient (Wildman–Crippen LogP) is 3.55. The Morgan fingerprint density at radius 3 is 2.56 bits per heavy atom. The highest BCUT2D eigenvalue weighted by molar-refractivity contribution is 6.33. The number of aliphatic hydroxyl groups is 1. The van der Waals surface area contributed by atoms with E-state index in [0.717, 1.165) is 6.08 Å². The van der Waals surface area contributed by atoms with Gasteiger partial charge >= 0.3 is 5.97 Å². The molecule has 4 aliphatic carbocycles. The summed E-state index contributed by atoms with van der Waals surface area (Å²) in [5.74, 6) is -5.49. The van der Waals surface area contributed by atoms with Crippen molar-refractivity contribution >= 4 is 17.5 Å². The van der Waals surface area contributed by atoms with Crippen molar-refractivity contribution < 1.29 is 42.9 Å². The number of ketones is 2. The fourth-order valence-corrected chi connectivity index (χ4v) is 7.69. The van der Waals surface area contributed by atoms with Crippen LogP contribution in [-0.2, 0) is 23.9 Å². The molecule has 186 valence electrons. The van der Waals surface area contributed by atoms with E-state index in [1.807, 2.05) is 6.92 Å². The second-order valence-electron chi connectivity index (χ2n) is 10.9. The molecular formula is C25H30F2O7. The smallest absolute Gasteiger partial charge is 0.372 e. The Morgan fingerprint density at radius 2 is 1.91 bits per heavy atom. The van der Waals surface area contributed by atoms with Crippen LogP contribution in [-0.4, -0.2) is 51.5 Å². The number of hydrogen-bond donors (Lipinski definition) is 2. The number of alkyl halides is 2. The van der Waals surface area contributed by atoms with Crippen molar-refractivity contribution in [2.45, 2.75) is 89.4 Å². The van der Waals surface area contributed by atoms with Crippen LogP contribution in [0.5, 0.6) is 0 Å². The first kappa shape index (κ1) is 23.5. The maximum Gasteiger partial charge on any atom is 0.372 e. The third-order valence-electron chi connectivity index (χ3n) is 9.62. The van der Waals surface area contributed by atoms with Crippen LogP contribution >= 0.6 is 0 Å². The van der Waals surface area contributed by atoms with Gasteiger partial charge in [-0.2, -0.15) is 0 Å². The lowest BCUT2D eigenvalue weighted by atomic mass is 9.43. The zero-order valence-electron chi connectivity index (χ0n) is 19.5. The van der Waals surface area contributed by atoms with Gasteiger partial charge in [-0.15, -0.1) is 0 Å². The van der Waals surface area contributed by atoms with Crippen molar-refractivity contribution in [3.8, 4) is 0 Å². The maximum atomic E-state index is 17.5. The third kappa shape index (κ3) is 2.57. The molecule has 0 aromatic rings. The van der Waals surface area contributed by atoms with Crippen LogP contribution in [0.25, 0.3) is 0 Å². The fourth-order valence-electron chi connectivity index (χ4n) is 7.69. The second-order valence-corrected chi connectivity index (χ2v) is 10.9. The molecule has 8 atom stereocenters. The van der Waals surface area contributed by atoms with Gasteiger partial charge < -0.3 is 19.7 Å². The number of fused-ring (bicyclic) bond motifs is 6. The van der Waals surface area contributed by atoms with E-state index < -0.39 is 63.9 Å². The summed E-state index contributed by atoms with van der Waals surface area (Å²) in [6.07, 6.45) is -0.606. The third-order valence-corrected chi connectivity index (χ3v) is 9.62. The van der Waals surface area contributed by atoms with Crippen molar-refractivity contribution in [1.29, 1.82) is 0 Å². The average molecular weight is 481 g/mol. The summed E-state index contributed by atoms with van der Waals surface area (Å²) < 4.78 is 44.9. The number of ether oxygens (including phenoxy) is 2. The molecule has 3 fully saturated rings. The number of halogens is 2. The van der Waals surface area contributed by atoms with Crippen LogP contribution < -0.4 is 0 Å². The first-order valence-corrected chi connectivity index (χ1v) is 12.0. The van der Waals surface area contributed by atoms with Gasteiger partial charge in [0, 0.05) is 23.7 Å². The predicted molar refractivity (Wildman–Crippen MR) is 114 cm³/mol. The Labute approximate surface area is 196 Å². The number of carbonyl (C=O) groups excluding carboxylic acids is 2. The summed E-state index contributed by atoms with van der Waals surface area (Å²) >= 11 is 0. The molecule has 5 aliphatic rings. The summed E-state index contributed by atoms with van der Waals surface area (Å²) in [7, 11) is 0. The van der Waals surface area contributed by atoms with Gasteiger partial charge in [0.2, 0.25) is 23.6 Å². The van der Waals surface area contributed by atoms with Gasteiger partial charge in [-0.1, -0.05) is 13.8 Å². The Hall–Kier alpha value is -2.29. The molecule has 1 heterocycles. The highest BCUT2D eigenvalue weighted by Gasteiger charge is 2.77. The molecule has 9 heteroatoms. The van der Waals surface area contributed by atoms with E-state index in [1.54, 1.807) is 6.92 Å². The number of carboxylic acid groups (broad SMARTS) is 1. The van der Waals surface area contributed by atoms with E-state index >= 15 is 8.78 Å². The highest BCUT2D eigenvalue weighted by Crippen LogP contribution is 2.72. The van der Waals surface area contributed by atoms with E-state index in [2.05, 4.69) is 0 Å². The number of carbonyl (C=O) groups is 3. The van der Waals surface area contributed by atoms with Gasteiger partial charge in [0.05, 0.1) is 11.0 Å². The standard InChI is InChI=1S/C25H30F2O7/c1-4-5-17-33-19-15(28)10-13-14(26)11-16-24(27,23(13,3)20(19)34-17)9-8-22(2)12(18(29)21(30)31)6-7-25(16,22)32/h10,12,14,16-17,32H,4-9,11H2,1-3H3,(H,30,31)/t12-,14-,16+,17?,22+,23+,24+,25?/m0/s1. The van der Waals surface area contributed by atoms with Crippen molar-refractivity contribution in [3.05, 3.63) is 23.2 Å². The maximum absolute atomic E-state index is 17.5. The van der Waals surface area contributed by atoms with Crippen LogP contribution in [0.15, 0.2) is 23.2 Å². The van der Waals surface area contributed by atoms with Crippen LogP contribution in [0.1, 0.15) is 65.7 Å². The van der Waals surface area contributed by atoms with E-state index in [9.17, 15) is 24.6 Å². The molecule has 0 bridgehead atoms. The number of carboxylic acids is 1. The zero-order chi connectivity index (χ0) is 24.8. The molecule has 5 rings (SSSR count). The van der Waals surface area contributed by atoms with E-state index in [4.69, 9.17) is 9.47 Å². The molecule has 1 aliphatic heterocycles. The first-order chi connectivity index (χ1) is 15.8. The van der Waals surface area contributed by atoms with Gasteiger partial charge in [-0.3, -0.25) is 9.59 Å². The number of hydrogen-bond acceptors (Lipinski definition) is 6. The van der Waals surface area contributed by atoms with Gasteiger partial charge in [-0.25, -0.2) is 13.6 Å². The Bertz CT molecular complexity index is 1050. The van der Waals surface area contributed by atoms with Gasteiger partial charge in [0.25, 0.3) is 0 Å². The van der Waals surface area contributed by atoms with E-state index in [-0.39, 0.29) is 49.2 Å². The average Bonchev–Trinajstić information content (AvgIpc) is 3.32. The molecule has 3 saturated carbocycles. The molecular weight excluding hydrogens is 450 g/mol. The SMILES string of the molecule is CCCC1OC2=C(O1)[C@@]1(C)C(=CC2=O)[C@@H](F)C[C@H]2C3(O)CC[C@@H](C(=O)C(=O)O)[C@@]3(C)CC[C@@]21F.